The lowest BCUT2D eigenvalue weighted by molar-refractivity contribution is -0.118. The molecule has 0 spiro atoms. The van der Waals surface area contributed by atoms with Gasteiger partial charge in [0.15, 0.2) is 17.7 Å². The maximum atomic E-state index is 11.2. The lowest BCUT2D eigenvalue weighted by atomic mass is 9.98. The normalized spacial score (nSPS) is 27.7. The van der Waals surface area contributed by atoms with Crippen molar-refractivity contribution in [1.82, 2.24) is 19.5 Å². The lowest BCUT2D eigenvalue weighted by Gasteiger charge is -2.20. The molecule has 11 heteroatoms. The van der Waals surface area contributed by atoms with Gasteiger partial charge in [0.2, 0.25) is 0 Å². The lowest BCUT2D eigenvalue weighted by Crippen LogP contribution is -2.37. The van der Waals surface area contributed by atoms with Gasteiger partial charge < -0.3 is 32.2 Å². The van der Waals surface area contributed by atoms with Crippen LogP contribution in [0.5, 0.6) is 0 Å². The van der Waals surface area contributed by atoms with Crippen LogP contribution in [-0.2, 0) is 9.53 Å². The third kappa shape index (κ3) is 3.92. The van der Waals surface area contributed by atoms with Crippen LogP contribution in [0.1, 0.15) is 32.4 Å². The highest BCUT2D eigenvalue weighted by Gasteiger charge is 2.44. The average molecular weight is 379 g/mol. The van der Waals surface area contributed by atoms with Gasteiger partial charge in [0.25, 0.3) is 0 Å². The van der Waals surface area contributed by atoms with Crippen LogP contribution in [0.4, 0.5) is 5.82 Å². The van der Waals surface area contributed by atoms with E-state index in [1.807, 2.05) is 0 Å². The van der Waals surface area contributed by atoms with E-state index in [4.69, 9.17) is 21.9 Å². The standard InChI is InChI=1S/C16H25N7O4/c1-7(24)9(18)3-2-8(17)4-10-12(25)13(26)16(27-10)23-6-22-11-14(19)20-5-21-15(11)23/h5-6,8-10,12-13,16,25-26H,2-4,17-18H2,1H3,(H2,19,20,21)/t8-,9-,10?,12+,13+,16+/m0/s1. The first kappa shape index (κ1) is 19.6. The van der Waals surface area contributed by atoms with E-state index in [0.717, 1.165) is 0 Å². The number of carbonyl (C=O) groups excluding carboxylic acids is 1. The molecule has 0 aliphatic carbocycles. The molecule has 0 bridgehead atoms. The van der Waals surface area contributed by atoms with Crippen molar-refractivity contribution in [1.29, 1.82) is 0 Å². The van der Waals surface area contributed by atoms with Crippen molar-refractivity contribution >= 4 is 22.8 Å². The van der Waals surface area contributed by atoms with Crippen LogP contribution in [0.3, 0.4) is 0 Å². The molecule has 1 aliphatic heterocycles. The Hall–Kier alpha value is -2.18. The van der Waals surface area contributed by atoms with Gasteiger partial charge in [-0.1, -0.05) is 0 Å². The molecule has 1 aliphatic rings. The number of imidazole rings is 1. The number of fused-ring (bicyclic) bond motifs is 1. The number of aliphatic hydroxyl groups is 2. The molecule has 1 saturated heterocycles. The number of rotatable bonds is 7. The van der Waals surface area contributed by atoms with Crippen LogP contribution in [0.25, 0.3) is 11.2 Å². The maximum absolute atomic E-state index is 11.2. The van der Waals surface area contributed by atoms with E-state index in [1.54, 1.807) is 0 Å². The van der Waals surface area contributed by atoms with Crippen molar-refractivity contribution in [2.45, 2.75) is 62.8 Å². The molecule has 1 fully saturated rings. The van der Waals surface area contributed by atoms with Crippen LogP contribution in [0, 0.1) is 0 Å². The number of anilines is 1. The maximum Gasteiger partial charge on any atom is 0.167 e. The number of aromatic nitrogens is 4. The molecule has 2 aromatic rings. The second kappa shape index (κ2) is 7.82. The van der Waals surface area contributed by atoms with E-state index in [-0.39, 0.29) is 17.6 Å². The van der Waals surface area contributed by atoms with Crippen molar-refractivity contribution in [3.05, 3.63) is 12.7 Å². The number of Topliss-reactive ketones (excluding diaryl/α,β-unsaturated/α-hetero) is 1. The fourth-order valence-electron chi connectivity index (χ4n) is 3.22. The zero-order valence-corrected chi connectivity index (χ0v) is 15.0. The van der Waals surface area contributed by atoms with E-state index >= 15 is 0 Å². The minimum atomic E-state index is -1.18. The summed E-state index contributed by atoms with van der Waals surface area (Å²) in [6, 6.07) is -0.884. The largest absolute Gasteiger partial charge is 0.388 e. The van der Waals surface area contributed by atoms with E-state index in [2.05, 4.69) is 15.0 Å². The number of hydrogen-bond acceptors (Lipinski definition) is 10. The Balaban J connectivity index is 1.68. The summed E-state index contributed by atoms with van der Waals surface area (Å²) in [4.78, 5) is 23.3. The van der Waals surface area contributed by atoms with Gasteiger partial charge in [-0.15, -0.1) is 0 Å². The summed E-state index contributed by atoms with van der Waals surface area (Å²) in [6.45, 7) is 1.44. The van der Waals surface area contributed by atoms with Crippen molar-refractivity contribution in [2.75, 3.05) is 5.73 Å². The molecule has 0 amide bonds. The molecule has 27 heavy (non-hydrogen) atoms. The molecule has 3 rings (SSSR count). The molecule has 11 nitrogen and oxygen atoms in total. The molecule has 6 atom stereocenters. The average Bonchev–Trinajstić information content (AvgIpc) is 3.17. The number of carbonyl (C=O) groups is 1. The summed E-state index contributed by atoms with van der Waals surface area (Å²) in [5, 5.41) is 20.8. The first-order valence-corrected chi connectivity index (χ1v) is 8.75. The first-order valence-electron chi connectivity index (χ1n) is 8.75. The van der Waals surface area contributed by atoms with Crippen LogP contribution in [0.15, 0.2) is 12.7 Å². The van der Waals surface area contributed by atoms with Crippen molar-refractivity contribution in [2.24, 2.45) is 11.5 Å². The van der Waals surface area contributed by atoms with Crippen molar-refractivity contribution in [3.63, 3.8) is 0 Å². The minimum Gasteiger partial charge on any atom is -0.388 e. The number of ether oxygens (including phenoxy) is 1. The smallest absolute Gasteiger partial charge is 0.167 e. The summed E-state index contributed by atoms with van der Waals surface area (Å²) in [6.07, 6.45) is 0.127. The van der Waals surface area contributed by atoms with Crippen molar-refractivity contribution in [3.8, 4) is 0 Å². The van der Waals surface area contributed by atoms with Gasteiger partial charge in [-0.05, 0) is 26.2 Å². The van der Waals surface area contributed by atoms with Crippen LogP contribution in [0.2, 0.25) is 0 Å². The van der Waals surface area contributed by atoms with Crippen LogP contribution >= 0.6 is 0 Å². The monoisotopic (exact) mass is 379 g/mol. The zero-order chi connectivity index (χ0) is 19.7. The Morgan fingerprint density at radius 1 is 1.26 bits per heavy atom. The Morgan fingerprint density at radius 2 is 2.00 bits per heavy atom. The van der Waals surface area contributed by atoms with Gasteiger partial charge in [0.05, 0.1) is 18.5 Å². The minimum absolute atomic E-state index is 0.0944. The predicted molar refractivity (Wildman–Crippen MR) is 96.1 cm³/mol. The molecule has 1 unspecified atom stereocenters. The number of nitrogens with zero attached hydrogens (tertiary/aromatic N) is 4. The fourth-order valence-corrected chi connectivity index (χ4v) is 3.22. The summed E-state index contributed by atoms with van der Waals surface area (Å²) in [7, 11) is 0. The Kier molecular flexibility index (Phi) is 5.67. The summed E-state index contributed by atoms with van der Waals surface area (Å²) >= 11 is 0. The van der Waals surface area contributed by atoms with Crippen molar-refractivity contribution < 1.29 is 19.7 Å². The zero-order valence-electron chi connectivity index (χ0n) is 15.0. The highest BCUT2D eigenvalue weighted by Crippen LogP contribution is 2.33. The molecule has 148 valence electrons. The second-order valence-electron chi connectivity index (χ2n) is 6.92. The quantitative estimate of drug-likeness (QED) is 0.376. The molecule has 2 aromatic heterocycles. The summed E-state index contributed by atoms with van der Waals surface area (Å²) in [5.74, 6) is 0.121. The SMILES string of the molecule is CC(=O)[C@@H](N)CC[C@H](N)CC1O[C@@H](n2cnc3c(N)ncnc32)[C@H](O)[C@@H]1O. The fraction of sp³-hybridized carbons (Fsp3) is 0.625. The molecule has 0 saturated carbocycles. The number of nitrogen functional groups attached to an aromatic ring is 1. The highest BCUT2D eigenvalue weighted by molar-refractivity contribution is 5.81. The van der Waals surface area contributed by atoms with E-state index in [1.165, 1.54) is 24.1 Å². The number of nitrogens with two attached hydrogens (primary N) is 3. The number of hydrogen-bond donors (Lipinski definition) is 5. The van der Waals surface area contributed by atoms with Gasteiger partial charge >= 0.3 is 0 Å². The Labute approximate surface area is 155 Å². The third-order valence-electron chi connectivity index (χ3n) is 4.90. The van der Waals surface area contributed by atoms with E-state index in [0.29, 0.717) is 30.4 Å². The second-order valence-corrected chi connectivity index (χ2v) is 6.92. The molecule has 8 N–H and O–H groups in total. The topological polar surface area (TPSA) is 188 Å². The molecular weight excluding hydrogens is 354 g/mol. The number of aliphatic hydroxyl groups excluding tert-OH is 2. The predicted octanol–water partition coefficient (Wildman–Crippen LogP) is -1.56. The van der Waals surface area contributed by atoms with Gasteiger partial charge in [0.1, 0.15) is 29.8 Å². The molecule has 0 radical (unpaired) electrons. The van der Waals surface area contributed by atoms with Gasteiger partial charge in [-0.2, -0.15) is 0 Å². The van der Waals surface area contributed by atoms with Crippen LogP contribution in [-0.4, -0.2) is 65.9 Å². The van der Waals surface area contributed by atoms with Gasteiger partial charge in [0, 0.05) is 6.04 Å². The molecule has 0 aromatic carbocycles. The molecule has 3 heterocycles. The van der Waals surface area contributed by atoms with Gasteiger partial charge in [-0.25, -0.2) is 15.0 Å². The van der Waals surface area contributed by atoms with Crippen LogP contribution < -0.4 is 17.2 Å². The van der Waals surface area contributed by atoms with E-state index in [9.17, 15) is 15.0 Å². The van der Waals surface area contributed by atoms with E-state index < -0.39 is 30.6 Å². The van der Waals surface area contributed by atoms with Gasteiger partial charge in [-0.3, -0.25) is 9.36 Å². The summed E-state index contributed by atoms with van der Waals surface area (Å²) in [5.41, 5.74) is 18.4. The molecular formula is C16H25N7O4. The Morgan fingerprint density at radius 3 is 2.70 bits per heavy atom. The third-order valence-corrected chi connectivity index (χ3v) is 4.90. The highest BCUT2D eigenvalue weighted by atomic mass is 16.6. The first-order chi connectivity index (χ1) is 12.8. The Bertz CT molecular complexity index is 813. The number of ketones is 1. The summed E-state index contributed by atoms with van der Waals surface area (Å²) < 4.78 is 7.36.